The van der Waals surface area contributed by atoms with Crippen molar-refractivity contribution in [2.75, 3.05) is 6.61 Å². The Balaban J connectivity index is 1.70. The lowest BCUT2D eigenvalue weighted by Crippen LogP contribution is -2.22. The van der Waals surface area contributed by atoms with Crippen molar-refractivity contribution in [3.05, 3.63) is 59.2 Å². The topological polar surface area (TPSA) is 41.5 Å². The first-order valence-electron chi connectivity index (χ1n) is 6.26. The van der Waals surface area contributed by atoms with Crippen LogP contribution >= 0.6 is 0 Å². The maximum atomic E-state index is 13.1. The minimum Gasteiger partial charge on any atom is -0.508 e. The van der Waals surface area contributed by atoms with Crippen LogP contribution in [0.15, 0.2) is 36.4 Å². The van der Waals surface area contributed by atoms with E-state index in [0.717, 1.165) is 11.6 Å². The molecule has 1 heterocycles. The molecule has 1 aliphatic heterocycles. The fourth-order valence-corrected chi connectivity index (χ4v) is 2.26. The van der Waals surface area contributed by atoms with Crippen molar-refractivity contribution in [1.29, 1.82) is 0 Å². The standard InChI is InChI=1S/C15H13F2NO2/c16-12-4-1-9(5-13(12)17)7-18-14-8-20-15-6-10(19)2-3-11(14)15/h1-6,14,18-19H,7-8H2. The highest BCUT2D eigenvalue weighted by Gasteiger charge is 2.23. The van der Waals surface area contributed by atoms with Crippen LogP contribution in [0.25, 0.3) is 0 Å². The van der Waals surface area contributed by atoms with Gasteiger partial charge in [-0.2, -0.15) is 0 Å². The van der Waals surface area contributed by atoms with Gasteiger partial charge in [0, 0.05) is 18.2 Å². The largest absolute Gasteiger partial charge is 0.508 e. The smallest absolute Gasteiger partial charge is 0.159 e. The Bertz CT molecular complexity index is 646. The Morgan fingerprint density at radius 2 is 2.00 bits per heavy atom. The summed E-state index contributed by atoms with van der Waals surface area (Å²) in [5.41, 5.74) is 1.61. The maximum Gasteiger partial charge on any atom is 0.159 e. The summed E-state index contributed by atoms with van der Waals surface area (Å²) in [5.74, 6) is -0.895. The first kappa shape index (κ1) is 12.9. The number of aromatic hydroxyl groups is 1. The SMILES string of the molecule is Oc1ccc2c(c1)OCC2NCc1ccc(F)c(F)c1. The van der Waals surface area contributed by atoms with Gasteiger partial charge in [-0.25, -0.2) is 8.78 Å². The first-order valence-corrected chi connectivity index (χ1v) is 6.26. The highest BCUT2D eigenvalue weighted by atomic mass is 19.2. The van der Waals surface area contributed by atoms with Gasteiger partial charge in [0.1, 0.15) is 18.1 Å². The van der Waals surface area contributed by atoms with Gasteiger partial charge < -0.3 is 15.2 Å². The Morgan fingerprint density at radius 1 is 1.15 bits per heavy atom. The number of rotatable bonds is 3. The molecule has 0 saturated heterocycles. The summed E-state index contributed by atoms with van der Waals surface area (Å²) in [6.07, 6.45) is 0. The van der Waals surface area contributed by atoms with Gasteiger partial charge in [-0.1, -0.05) is 6.07 Å². The van der Waals surface area contributed by atoms with Crippen LogP contribution in [0.5, 0.6) is 11.5 Å². The molecule has 0 aliphatic carbocycles. The number of ether oxygens (including phenoxy) is 1. The quantitative estimate of drug-likeness (QED) is 0.906. The Kier molecular flexibility index (Phi) is 3.28. The predicted molar refractivity (Wildman–Crippen MR) is 69.5 cm³/mol. The average molecular weight is 277 g/mol. The predicted octanol–water partition coefficient (Wildman–Crippen LogP) is 2.89. The molecule has 3 rings (SSSR count). The Labute approximate surface area is 114 Å². The number of halogens is 2. The summed E-state index contributed by atoms with van der Waals surface area (Å²) < 4.78 is 31.4. The number of benzene rings is 2. The van der Waals surface area contributed by atoms with E-state index in [0.29, 0.717) is 24.5 Å². The lowest BCUT2D eigenvalue weighted by molar-refractivity contribution is 0.309. The third-order valence-electron chi connectivity index (χ3n) is 3.31. The van der Waals surface area contributed by atoms with Crippen molar-refractivity contribution in [1.82, 2.24) is 5.32 Å². The molecule has 2 aromatic rings. The number of phenolic OH excluding ortho intramolecular Hbond substituents is 1. The summed E-state index contributed by atoms with van der Waals surface area (Å²) >= 11 is 0. The highest BCUT2D eigenvalue weighted by molar-refractivity contribution is 5.44. The van der Waals surface area contributed by atoms with E-state index in [1.54, 1.807) is 24.3 Å². The van der Waals surface area contributed by atoms with E-state index in [4.69, 9.17) is 4.74 Å². The Hall–Kier alpha value is -2.14. The van der Waals surface area contributed by atoms with Crippen LogP contribution < -0.4 is 10.1 Å². The molecular weight excluding hydrogens is 264 g/mol. The fraction of sp³-hybridized carbons (Fsp3) is 0.200. The average Bonchev–Trinajstić information content (AvgIpc) is 2.82. The number of hydrogen-bond acceptors (Lipinski definition) is 3. The van der Waals surface area contributed by atoms with Gasteiger partial charge in [0.15, 0.2) is 11.6 Å². The summed E-state index contributed by atoms with van der Waals surface area (Å²) in [6, 6.07) is 8.76. The van der Waals surface area contributed by atoms with Crippen molar-refractivity contribution in [2.24, 2.45) is 0 Å². The van der Waals surface area contributed by atoms with Crippen molar-refractivity contribution in [3.63, 3.8) is 0 Å². The van der Waals surface area contributed by atoms with Crippen LogP contribution in [-0.4, -0.2) is 11.7 Å². The molecule has 0 fully saturated rings. The monoisotopic (exact) mass is 277 g/mol. The minimum atomic E-state index is -0.850. The molecule has 0 radical (unpaired) electrons. The van der Waals surface area contributed by atoms with Gasteiger partial charge in [-0.3, -0.25) is 0 Å². The maximum absolute atomic E-state index is 13.1. The number of hydrogen-bond donors (Lipinski definition) is 2. The van der Waals surface area contributed by atoms with Crippen molar-refractivity contribution < 1.29 is 18.6 Å². The normalized spacial score (nSPS) is 16.8. The molecule has 3 nitrogen and oxygen atoms in total. The van der Waals surface area contributed by atoms with E-state index in [1.807, 2.05) is 0 Å². The minimum absolute atomic E-state index is 0.0290. The van der Waals surface area contributed by atoms with Crippen molar-refractivity contribution >= 4 is 0 Å². The fourth-order valence-electron chi connectivity index (χ4n) is 2.26. The van der Waals surface area contributed by atoms with E-state index >= 15 is 0 Å². The van der Waals surface area contributed by atoms with Crippen LogP contribution in [0.1, 0.15) is 17.2 Å². The van der Waals surface area contributed by atoms with E-state index in [1.165, 1.54) is 6.07 Å². The zero-order valence-corrected chi connectivity index (χ0v) is 10.6. The van der Waals surface area contributed by atoms with E-state index in [2.05, 4.69) is 5.32 Å². The second-order valence-electron chi connectivity index (χ2n) is 4.72. The van der Waals surface area contributed by atoms with E-state index in [-0.39, 0.29) is 11.8 Å². The summed E-state index contributed by atoms with van der Waals surface area (Å²) in [4.78, 5) is 0. The first-order chi connectivity index (χ1) is 9.63. The molecule has 1 unspecified atom stereocenters. The number of nitrogens with one attached hydrogen (secondary N) is 1. The lowest BCUT2D eigenvalue weighted by Gasteiger charge is -2.11. The van der Waals surface area contributed by atoms with Gasteiger partial charge in [-0.15, -0.1) is 0 Å². The second-order valence-corrected chi connectivity index (χ2v) is 4.72. The van der Waals surface area contributed by atoms with Gasteiger partial charge in [0.05, 0.1) is 6.04 Å². The lowest BCUT2D eigenvalue weighted by atomic mass is 10.1. The van der Waals surface area contributed by atoms with Crippen LogP contribution in [0, 0.1) is 11.6 Å². The number of fused-ring (bicyclic) bond motifs is 1. The van der Waals surface area contributed by atoms with Gasteiger partial charge >= 0.3 is 0 Å². The van der Waals surface area contributed by atoms with Gasteiger partial charge in [0.2, 0.25) is 0 Å². The number of phenols is 1. The summed E-state index contributed by atoms with van der Waals surface area (Å²) in [5, 5.41) is 12.6. The molecule has 1 aliphatic rings. The third-order valence-corrected chi connectivity index (χ3v) is 3.31. The van der Waals surface area contributed by atoms with Crippen LogP contribution in [0.3, 0.4) is 0 Å². The van der Waals surface area contributed by atoms with Crippen molar-refractivity contribution in [3.8, 4) is 11.5 Å². The Morgan fingerprint density at radius 3 is 2.80 bits per heavy atom. The molecule has 0 bridgehead atoms. The van der Waals surface area contributed by atoms with Gasteiger partial charge in [0.25, 0.3) is 0 Å². The van der Waals surface area contributed by atoms with Crippen LogP contribution in [0.2, 0.25) is 0 Å². The summed E-state index contributed by atoms with van der Waals surface area (Å²) in [6.45, 7) is 0.855. The third kappa shape index (κ3) is 2.44. The van der Waals surface area contributed by atoms with Crippen molar-refractivity contribution in [2.45, 2.75) is 12.6 Å². The van der Waals surface area contributed by atoms with E-state index in [9.17, 15) is 13.9 Å². The summed E-state index contributed by atoms with van der Waals surface area (Å²) in [7, 11) is 0. The van der Waals surface area contributed by atoms with E-state index < -0.39 is 11.6 Å². The zero-order chi connectivity index (χ0) is 14.1. The zero-order valence-electron chi connectivity index (χ0n) is 10.6. The molecule has 0 amide bonds. The highest BCUT2D eigenvalue weighted by Crippen LogP contribution is 2.34. The van der Waals surface area contributed by atoms with Crippen LogP contribution in [0.4, 0.5) is 8.78 Å². The molecule has 2 aromatic carbocycles. The molecule has 0 saturated carbocycles. The molecular formula is C15H13F2NO2. The van der Waals surface area contributed by atoms with Crippen LogP contribution in [-0.2, 0) is 6.54 Å². The molecule has 2 N–H and O–H groups in total. The molecule has 5 heteroatoms. The molecule has 104 valence electrons. The molecule has 0 spiro atoms. The molecule has 0 aromatic heterocycles. The van der Waals surface area contributed by atoms with Gasteiger partial charge in [-0.05, 0) is 29.8 Å². The molecule has 20 heavy (non-hydrogen) atoms. The second kappa shape index (κ2) is 5.09. The molecule has 1 atom stereocenters.